The molecule has 0 heterocycles. The molecule has 0 atom stereocenters. The van der Waals surface area contributed by atoms with Crippen molar-refractivity contribution in [3.8, 4) is 0 Å². The van der Waals surface area contributed by atoms with E-state index in [-0.39, 0.29) is 6.29 Å². The number of hydrogen-bond acceptors (Lipinski definition) is 2. The molecule has 0 fully saturated rings. The van der Waals surface area contributed by atoms with Crippen LogP contribution in [0.15, 0.2) is 24.3 Å². The van der Waals surface area contributed by atoms with Gasteiger partial charge in [-0.05, 0) is 46.0 Å². The minimum atomic E-state index is 0.0172. The van der Waals surface area contributed by atoms with Crippen LogP contribution in [0.25, 0.3) is 0 Å². The first kappa shape index (κ1) is 21.4. The predicted octanol–water partition coefficient (Wildman–Crippen LogP) is 6.42. The Bertz CT molecular complexity index is 252. The fourth-order valence-electron chi connectivity index (χ4n) is 2.43. The number of hydrogen-bond donors (Lipinski definition) is 0. The van der Waals surface area contributed by atoms with Crippen LogP contribution >= 0.6 is 0 Å². The summed E-state index contributed by atoms with van der Waals surface area (Å²) in [6.45, 7) is 7.71. The van der Waals surface area contributed by atoms with Gasteiger partial charge in [0, 0.05) is 13.2 Å². The third-order valence-electron chi connectivity index (χ3n) is 3.63. The lowest BCUT2D eigenvalue weighted by molar-refractivity contribution is -0.140. The summed E-state index contributed by atoms with van der Waals surface area (Å²) < 4.78 is 11.1. The van der Waals surface area contributed by atoms with Gasteiger partial charge in [-0.3, -0.25) is 0 Å². The summed E-state index contributed by atoms with van der Waals surface area (Å²) in [5.41, 5.74) is 0. The van der Waals surface area contributed by atoms with Gasteiger partial charge in [-0.2, -0.15) is 0 Å². The standard InChI is InChI=1S/C20H38O2/c1-4-7-8-9-10-11-12-13-14-15-16-17-18-19-20(21-5-2)22-6-3/h7-10,20H,4-6,11-19H2,1-3H3/b8-7-,10-9-. The first-order valence-corrected chi connectivity index (χ1v) is 9.39. The molecule has 0 radical (unpaired) electrons. The monoisotopic (exact) mass is 310 g/mol. The van der Waals surface area contributed by atoms with E-state index in [9.17, 15) is 0 Å². The molecule has 0 aromatic carbocycles. The van der Waals surface area contributed by atoms with Crippen molar-refractivity contribution in [2.24, 2.45) is 0 Å². The highest BCUT2D eigenvalue weighted by Gasteiger charge is 2.06. The average molecular weight is 311 g/mol. The van der Waals surface area contributed by atoms with E-state index in [4.69, 9.17) is 9.47 Å². The van der Waals surface area contributed by atoms with Gasteiger partial charge in [0.1, 0.15) is 0 Å². The first-order valence-electron chi connectivity index (χ1n) is 9.39. The van der Waals surface area contributed by atoms with Crippen LogP contribution in [-0.4, -0.2) is 19.5 Å². The van der Waals surface area contributed by atoms with E-state index in [2.05, 4.69) is 31.2 Å². The summed E-state index contributed by atoms with van der Waals surface area (Å²) in [5, 5.41) is 0. The largest absolute Gasteiger partial charge is 0.353 e. The Morgan fingerprint density at radius 2 is 1.23 bits per heavy atom. The summed E-state index contributed by atoms with van der Waals surface area (Å²) in [6.07, 6.45) is 21.5. The van der Waals surface area contributed by atoms with Crippen LogP contribution in [0.2, 0.25) is 0 Å². The van der Waals surface area contributed by atoms with Crippen LogP contribution in [0.4, 0.5) is 0 Å². The van der Waals surface area contributed by atoms with E-state index >= 15 is 0 Å². The van der Waals surface area contributed by atoms with E-state index in [0.29, 0.717) is 0 Å². The van der Waals surface area contributed by atoms with Crippen LogP contribution in [0.5, 0.6) is 0 Å². The highest BCUT2D eigenvalue weighted by atomic mass is 16.7. The van der Waals surface area contributed by atoms with E-state index in [1.54, 1.807) is 0 Å². The topological polar surface area (TPSA) is 18.5 Å². The molecule has 0 N–H and O–H groups in total. The molecule has 0 saturated carbocycles. The van der Waals surface area contributed by atoms with Crippen molar-refractivity contribution in [3.63, 3.8) is 0 Å². The summed E-state index contributed by atoms with van der Waals surface area (Å²) >= 11 is 0. The van der Waals surface area contributed by atoms with Crippen LogP contribution in [0.3, 0.4) is 0 Å². The van der Waals surface area contributed by atoms with Gasteiger partial charge < -0.3 is 9.47 Å². The lowest BCUT2D eigenvalue weighted by Crippen LogP contribution is -2.17. The summed E-state index contributed by atoms with van der Waals surface area (Å²) in [4.78, 5) is 0. The molecule has 0 aliphatic carbocycles. The Labute approximate surface area is 139 Å². The Morgan fingerprint density at radius 3 is 1.82 bits per heavy atom. The molecule has 130 valence electrons. The molecule has 0 amide bonds. The second-order valence-corrected chi connectivity index (χ2v) is 5.66. The molecule has 0 unspecified atom stereocenters. The molecule has 0 aliphatic rings. The normalized spacial score (nSPS) is 12.2. The minimum absolute atomic E-state index is 0.0172. The molecule has 0 aromatic heterocycles. The minimum Gasteiger partial charge on any atom is -0.353 e. The zero-order chi connectivity index (χ0) is 16.3. The molecule has 0 bridgehead atoms. The molecule has 0 saturated heterocycles. The molecule has 0 aliphatic heterocycles. The van der Waals surface area contributed by atoms with Gasteiger partial charge in [0.15, 0.2) is 6.29 Å². The van der Waals surface area contributed by atoms with E-state index in [0.717, 1.165) is 26.1 Å². The molecule has 2 nitrogen and oxygen atoms in total. The predicted molar refractivity (Wildman–Crippen MR) is 97.2 cm³/mol. The highest BCUT2D eigenvalue weighted by molar-refractivity contribution is 5.01. The quantitative estimate of drug-likeness (QED) is 0.186. The van der Waals surface area contributed by atoms with Gasteiger partial charge in [-0.25, -0.2) is 0 Å². The van der Waals surface area contributed by atoms with Crippen molar-refractivity contribution >= 4 is 0 Å². The Morgan fingerprint density at radius 1 is 0.682 bits per heavy atom. The number of unbranched alkanes of at least 4 members (excludes halogenated alkanes) is 7. The molecule has 0 rings (SSSR count). The molecular weight excluding hydrogens is 272 g/mol. The third kappa shape index (κ3) is 15.8. The van der Waals surface area contributed by atoms with Gasteiger partial charge in [0.05, 0.1) is 0 Å². The maximum Gasteiger partial charge on any atom is 0.157 e. The van der Waals surface area contributed by atoms with Crippen molar-refractivity contribution in [1.82, 2.24) is 0 Å². The van der Waals surface area contributed by atoms with Gasteiger partial charge in [-0.15, -0.1) is 0 Å². The van der Waals surface area contributed by atoms with Crippen LogP contribution in [-0.2, 0) is 9.47 Å². The Balaban J connectivity index is 3.29. The second kappa shape index (κ2) is 18.4. The van der Waals surface area contributed by atoms with E-state index in [1.165, 1.54) is 51.4 Å². The number of rotatable bonds is 16. The van der Waals surface area contributed by atoms with E-state index in [1.807, 2.05) is 13.8 Å². The second-order valence-electron chi connectivity index (χ2n) is 5.66. The van der Waals surface area contributed by atoms with Crippen LogP contribution in [0.1, 0.15) is 85.0 Å². The van der Waals surface area contributed by atoms with E-state index < -0.39 is 0 Å². The first-order chi connectivity index (χ1) is 10.8. The number of allylic oxidation sites excluding steroid dienone is 4. The zero-order valence-electron chi connectivity index (χ0n) is 15.2. The van der Waals surface area contributed by atoms with Crippen LogP contribution < -0.4 is 0 Å². The smallest absolute Gasteiger partial charge is 0.157 e. The number of ether oxygens (including phenoxy) is 2. The lowest BCUT2D eigenvalue weighted by Gasteiger charge is -2.16. The van der Waals surface area contributed by atoms with Gasteiger partial charge >= 0.3 is 0 Å². The van der Waals surface area contributed by atoms with Gasteiger partial charge in [0.25, 0.3) is 0 Å². The molecule has 0 spiro atoms. The third-order valence-corrected chi connectivity index (χ3v) is 3.63. The zero-order valence-corrected chi connectivity index (χ0v) is 15.2. The van der Waals surface area contributed by atoms with Gasteiger partial charge in [-0.1, -0.05) is 63.3 Å². The maximum atomic E-state index is 5.56. The molecule has 2 heteroatoms. The Kier molecular flexibility index (Phi) is 17.9. The highest BCUT2D eigenvalue weighted by Crippen LogP contribution is 2.12. The fraction of sp³-hybridized carbons (Fsp3) is 0.800. The molecule has 22 heavy (non-hydrogen) atoms. The molecular formula is C20H38O2. The van der Waals surface area contributed by atoms with Crippen molar-refractivity contribution in [2.75, 3.05) is 13.2 Å². The van der Waals surface area contributed by atoms with Crippen molar-refractivity contribution in [3.05, 3.63) is 24.3 Å². The van der Waals surface area contributed by atoms with Crippen molar-refractivity contribution in [1.29, 1.82) is 0 Å². The Hall–Kier alpha value is -0.600. The summed E-state index contributed by atoms with van der Waals surface area (Å²) in [7, 11) is 0. The maximum absolute atomic E-state index is 5.56. The summed E-state index contributed by atoms with van der Waals surface area (Å²) in [6, 6.07) is 0. The van der Waals surface area contributed by atoms with Crippen LogP contribution in [0, 0.1) is 0 Å². The summed E-state index contributed by atoms with van der Waals surface area (Å²) in [5.74, 6) is 0. The van der Waals surface area contributed by atoms with Crippen molar-refractivity contribution < 1.29 is 9.47 Å². The SMILES string of the molecule is CC/C=C\C=C/CCCCCCCCCC(OCC)OCC. The average Bonchev–Trinajstić information content (AvgIpc) is 2.52. The van der Waals surface area contributed by atoms with Crippen molar-refractivity contribution in [2.45, 2.75) is 91.3 Å². The lowest BCUT2D eigenvalue weighted by atomic mass is 10.1. The van der Waals surface area contributed by atoms with Gasteiger partial charge in [0.2, 0.25) is 0 Å². The fourth-order valence-corrected chi connectivity index (χ4v) is 2.43. The molecule has 0 aromatic rings.